The molecule has 0 aliphatic carbocycles. The molecular weight excluding hydrogens is 332 g/mol. The zero-order valence-corrected chi connectivity index (χ0v) is 14.9. The van der Waals surface area contributed by atoms with Crippen LogP contribution in [0.3, 0.4) is 0 Å². The zero-order valence-electron chi connectivity index (χ0n) is 14.1. The highest BCUT2D eigenvalue weighted by atomic mass is 32.1. The molecule has 7 heteroatoms. The summed E-state index contributed by atoms with van der Waals surface area (Å²) in [5, 5.41) is 4.25. The van der Waals surface area contributed by atoms with Crippen molar-refractivity contribution in [2.24, 2.45) is 7.05 Å². The minimum atomic E-state index is -2.95. The van der Waals surface area contributed by atoms with Gasteiger partial charge in [-0.15, -0.1) is 11.3 Å². The van der Waals surface area contributed by atoms with E-state index in [4.69, 9.17) is 0 Å². The molecule has 0 unspecified atom stereocenters. The zero-order chi connectivity index (χ0) is 17.5. The number of hydrogen-bond acceptors (Lipinski definition) is 3. The minimum absolute atomic E-state index is 0.0283. The molecule has 0 saturated carbocycles. The van der Waals surface area contributed by atoms with Crippen LogP contribution in [0.2, 0.25) is 0 Å². The van der Waals surface area contributed by atoms with Crippen LogP contribution in [0.5, 0.6) is 0 Å². The third-order valence-corrected chi connectivity index (χ3v) is 5.47. The Kier molecular flexibility index (Phi) is 4.46. The third kappa shape index (κ3) is 3.09. The van der Waals surface area contributed by atoms with Gasteiger partial charge in [-0.1, -0.05) is 0 Å². The number of rotatable bonds is 3. The largest absolute Gasteiger partial charge is 0.338 e. The molecule has 1 aliphatic rings. The molecule has 0 N–H and O–H groups in total. The first-order valence-electron chi connectivity index (χ1n) is 8.10. The highest BCUT2D eigenvalue weighted by Crippen LogP contribution is 2.37. The first-order chi connectivity index (χ1) is 11.3. The molecule has 2 aromatic heterocycles. The van der Waals surface area contributed by atoms with Gasteiger partial charge in [0.25, 0.3) is 11.8 Å². The SMILES string of the molecule is Cc1c(-c2ccc(C(=O)N3CCCCC3)s2)nn(C)c1C(C)(F)F. The van der Waals surface area contributed by atoms with Gasteiger partial charge < -0.3 is 4.90 Å². The van der Waals surface area contributed by atoms with Crippen LogP contribution in [-0.4, -0.2) is 33.7 Å². The Morgan fingerprint density at radius 2 is 1.92 bits per heavy atom. The van der Waals surface area contributed by atoms with Crippen molar-refractivity contribution in [3.8, 4) is 10.6 Å². The maximum absolute atomic E-state index is 13.8. The molecule has 4 nitrogen and oxygen atoms in total. The molecule has 130 valence electrons. The maximum atomic E-state index is 13.8. The normalized spacial score (nSPS) is 15.8. The molecule has 1 amide bonds. The lowest BCUT2D eigenvalue weighted by Gasteiger charge is -2.26. The monoisotopic (exact) mass is 353 g/mol. The quantitative estimate of drug-likeness (QED) is 0.830. The number of thiophene rings is 1. The van der Waals surface area contributed by atoms with Gasteiger partial charge in [-0.05, 0) is 38.3 Å². The summed E-state index contributed by atoms with van der Waals surface area (Å²) in [7, 11) is 1.52. The van der Waals surface area contributed by atoms with E-state index in [1.165, 1.54) is 29.5 Å². The van der Waals surface area contributed by atoms with E-state index in [9.17, 15) is 13.6 Å². The number of carbonyl (C=O) groups is 1. The van der Waals surface area contributed by atoms with Gasteiger partial charge in [-0.3, -0.25) is 9.48 Å². The third-order valence-electron chi connectivity index (χ3n) is 4.39. The van der Waals surface area contributed by atoms with Crippen LogP contribution in [0.4, 0.5) is 8.78 Å². The summed E-state index contributed by atoms with van der Waals surface area (Å²) < 4.78 is 28.8. The lowest BCUT2D eigenvalue weighted by molar-refractivity contribution is 0.00818. The number of nitrogens with zero attached hydrogens (tertiary/aromatic N) is 3. The highest BCUT2D eigenvalue weighted by molar-refractivity contribution is 7.17. The van der Waals surface area contributed by atoms with Crippen molar-refractivity contribution < 1.29 is 13.6 Å². The number of amides is 1. The second-order valence-electron chi connectivity index (χ2n) is 6.35. The summed E-state index contributed by atoms with van der Waals surface area (Å²) in [6.45, 7) is 4.11. The van der Waals surface area contributed by atoms with Crippen LogP contribution in [0.15, 0.2) is 12.1 Å². The second-order valence-corrected chi connectivity index (χ2v) is 7.43. The summed E-state index contributed by atoms with van der Waals surface area (Å²) >= 11 is 1.32. The van der Waals surface area contributed by atoms with Crippen LogP contribution in [0.1, 0.15) is 47.1 Å². The topological polar surface area (TPSA) is 38.1 Å². The van der Waals surface area contributed by atoms with E-state index in [0.29, 0.717) is 16.1 Å². The average Bonchev–Trinajstić information content (AvgIpc) is 3.11. The fourth-order valence-corrected chi connectivity index (χ4v) is 4.33. The van der Waals surface area contributed by atoms with Crippen molar-refractivity contribution in [1.82, 2.24) is 14.7 Å². The fraction of sp³-hybridized carbons (Fsp3) is 0.529. The van der Waals surface area contributed by atoms with Gasteiger partial charge in [0, 0.05) is 32.6 Å². The van der Waals surface area contributed by atoms with Crippen molar-refractivity contribution in [1.29, 1.82) is 0 Å². The van der Waals surface area contributed by atoms with Gasteiger partial charge >= 0.3 is 0 Å². The molecule has 1 saturated heterocycles. The van der Waals surface area contributed by atoms with Gasteiger partial charge in [0.2, 0.25) is 0 Å². The summed E-state index contributed by atoms with van der Waals surface area (Å²) in [6.07, 6.45) is 3.25. The van der Waals surface area contributed by atoms with Crippen LogP contribution in [0.25, 0.3) is 10.6 Å². The summed E-state index contributed by atoms with van der Waals surface area (Å²) in [4.78, 5) is 15.8. The van der Waals surface area contributed by atoms with E-state index in [0.717, 1.165) is 37.7 Å². The number of hydrogen-bond donors (Lipinski definition) is 0. The Bertz CT molecular complexity index is 754. The molecule has 2 aromatic rings. The van der Waals surface area contributed by atoms with E-state index in [1.807, 2.05) is 4.90 Å². The lowest BCUT2D eigenvalue weighted by Crippen LogP contribution is -2.35. The number of aromatic nitrogens is 2. The summed E-state index contributed by atoms with van der Waals surface area (Å²) in [5.74, 6) is -2.92. The minimum Gasteiger partial charge on any atom is -0.338 e. The molecule has 0 spiro atoms. The van der Waals surface area contributed by atoms with E-state index >= 15 is 0 Å². The van der Waals surface area contributed by atoms with Gasteiger partial charge in [0.15, 0.2) is 0 Å². The van der Waals surface area contributed by atoms with Crippen LogP contribution < -0.4 is 0 Å². The first kappa shape index (κ1) is 17.1. The van der Waals surface area contributed by atoms with E-state index < -0.39 is 5.92 Å². The van der Waals surface area contributed by atoms with Crippen LogP contribution in [-0.2, 0) is 13.0 Å². The average molecular weight is 353 g/mol. The van der Waals surface area contributed by atoms with E-state index in [2.05, 4.69) is 5.10 Å². The Hall–Kier alpha value is -1.76. The van der Waals surface area contributed by atoms with Gasteiger partial charge in [0.05, 0.1) is 9.75 Å². The van der Waals surface area contributed by atoms with Crippen LogP contribution >= 0.6 is 11.3 Å². The fourth-order valence-electron chi connectivity index (χ4n) is 3.31. The molecule has 3 rings (SSSR count). The van der Waals surface area contributed by atoms with E-state index in [-0.39, 0.29) is 11.6 Å². The molecule has 0 bridgehead atoms. The number of piperidine rings is 1. The molecule has 0 radical (unpaired) electrons. The van der Waals surface area contributed by atoms with Gasteiger partial charge in [-0.25, -0.2) is 0 Å². The van der Waals surface area contributed by atoms with Crippen molar-refractivity contribution in [3.05, 3.63) is 28.3 Å². The first-order valence-corrected chi connectivity index (χ1v) is 8.92. The number of alkyl halides is 2. The second kappa shape index (κ2) is 6.27. The molecule has 24 heavy (non-hydrogen) atoms. The Morgan fingerprint density at radius 3 is 2.50 bits per heavy atom. The predicted octanol–water partition coefficient (Wildman–Crippen LogP) is 4.19. The Balaban J connectivity index is 1.90. The van der Waals surface area contributed by atoms with Crippen molar-refractivity contribution in [3.63, 3.8) is 0 Å². The molecule has 1 fully saturated rings. The molecular formula is C17H21F2N3OS. The Morgan fingerprint density at radius 1 is 1.25 bits per heavy atom. The van der Waals surface area contributed by atoms with E-state index in [1.54, 1.807) is 19.1 Å². The molecule has 0 atom stereocenters. The standard InChI is InChI=1S/C17H21F2N3OS/c1-11-14(20-21(3)15(11)17(2,18)19)12-7-8-13(24-12)16(23)22-9-5-4-6-10-22/h7-8H,4-6,9-10H2,1-3H3. The summed E-state index contributed by atoms with van der Waals surface area (Å²) in [5.41, 5.74) is 0.898. The maximum Gasteiger partial charge on any atom is 0.286 e. The van der Waals surface area contributed by atoms with Crippen molar-refractivity contribution in [2.75, 3.05) is 13.1 Å². The Labute approximate surface area is 144 Å². The smallest absolute Gasteiger partial charge is 0.286 e. The van der Waals surface area contributed by atoms with Crippen LogP contribution in [0, 0.1) is 6.92 Å². The van der Waals surface area contributed by atoms with Crippen molar-refractivity contribution in [2.45, 2.75) is 39.0 Å². The predicted molar refractivity (Wildman–Crippen MR) is 90.6 cm³/mol. The molecule has 1 aliphatic heterocycles. The van der Waals surface area contributed by atoms with Gasteiger partial charge in [0.1, 0.15) is 11.4 Å². The number of carbonyl (C=O) groups excluding carboxylic acids is 1. The summed E-state index contributed by atoms with van der Waals surface area (Å²) in [6, 6.07) is 3.57. The number of halogens is 2. The molecule has 3 heterocycles. The van der Waals surface area contributed by atoms with Crippen molar-refractivity contribution >= 4 is 17.2 Å². The molecule has 0 aromatic carbocycles. The lowest BCUT2D eigenvalue weighted by atomic mass is 10.1. The number of likely N-dealkylation sites (tertiary alicyclic amines) is 1. The van der Waals surface area contributed by atoms with Gasteiger partial charge in [-0.2, -0.15) is 13.9 Å². The number of aryl methyl sites for hydroxylation is 1. The highest BCUT2D eigenvalue weighted by Gasteiger charge is 2.33.